The molecule has 0 bridgehead atoms. The number of methoxy groups -OCH3 is 1. The summed E-state index contributed by atoms with van der Waals surface area (Å²) in [5, 5.41) is 9.27. The first kappa shape index (κ1) is 33.7. The van der Waals surface area contributed by atoms with E-state index >= 15 is 0 Å². The Kier molecular flexibility index (Phi) is 13.0. The summed E-state index contributed by atoms with van der Waals surface area (Å²) in [7, 11) is 1.52. The number of likely N-dealkylation sites (tertiary alicyclic amines) is 1. The average Bonchev–Trinajstić information content (AvgIpc) is 3.50. The Hall–Kier alpha value is -4.16. The molecule has 0 unspecified atom stereocenters. The molecule has 0 spiro atoms. The first-order chi connectivity index (χ1) is 21.9. The number of ether oxygens (including phenoxy) is 2. The van der Waals surface area contributed by atoms with E-state index in [-0.39, 0.29) is 17.8 Å². The maximum absolute atomic E-state index is 12.9. The Bertz CT molecular complexity index is 1410. The van der Waals surface area contributed by atoms with E-state index in [9.17, 15) is 14.4 Å². The van der Waals surface area contributed by atoms with Crippen LogP contribution in [0.4, 0.5) is 21.3 Å². The Morgan fingerprint density at radius 1 is 0.978 bits per heavy atom. The molecule has 11 nitrogen and oxygen atoms in total. The summed E-state index contributed by atoms with van der Waals surface area (Å²) in [6.07, 6.45) is 8.76. The van der Waals surface area contributed by atoms with Crippen molar-refractivity contribution in [1.29, 1.82) is 0 Å². The van der Waals surface area contributed by atoms with Crippen LogP contribution >= 0.6 is 11.3 Å². The second kappa shape index (κ2) is 17.4. The largest absolute Gasteiger partial charge is 0.493 e. The number of carbonyl (C=O) groups is 3. The maximum atomic E-state index is 12.9. The number of nitrogens with zero attached hydrogens (tertiary/aromatic N) is 3. The van der Waals surface area contributed by atoms with Crippen LogP contribution in [-0.2, 0) is 4.79 Å². The number of thiazole rings is 1. The molecule has 4 amide bonds. The Labute approximate surface area is 269 Å². The number of benzene rings is 2. The Balaban J connectivity index is 1.29. The van der Waals surface area contributed by atoms with Gasteiger partial charge in [0.2, 0.25) is 11.0 Å². The predicted octanol–water partition coefficient (Wildman–Crippen LogP) is 6.74. The molecule has 0 atom stereocenters. The monoisotopic (exact) mass is 636 g/mol. The van der Waals surface area contributed by atoms with Crippen molar-refractivity contribution in [2.24, 2.45) is 0 Å². The van der Waals surface area contributed by atoms with Gasteiger partial charge in [-0.2, -0.15) is 0 Å². The number of urea groups is 1. The fraction of sp³-hybridized carbons (Fsp3) is 0.455. The van der Waals surface area contributed by atoms with Gasteiger partial charge in [0.15, 0.2) is 16.6 Å². The molecule has 3 N–H and O–H groups in total. The number of aromatic nitrogens is 1. The van der Waals surface area contributed by atoms with E-state index in [0.717, 1.165) is 44.6 Å². The average molecular weight is 637 g/mol. The van der Waals surface area contributed by atoms with Crippen molar-refractivity contribution in [3.8, 4) is 16.6 Å². The number of carbonyl (C=O) groups excluding carboxylic acids is 3. The van der Waals surface area contributed by atoms with E-state index in [1.165, 1.54) is 43.9 Å². The van der Waals surface area contributed by atoms with Crippen LogP contribution in [0.5, 0.6) is 16.6 Å². The van der Waals surface area contributed by atoms with Gasteiger partial charge in [-0.25, -0.2) is 9.78 Å². The van der Waals surface area contributed by atoms with Gasteiger partial charge in [0.1, 0.15) is 0 Å². The highest BCUT2D eigenvalue weighted by Crippen LogP contribution is 2.37. The predicted molar refractivity (Wildman–Crippen MR) is 179 cm³/mol. The normalized spacial score (nSPS) is 13.1. The van der Waals surface area contributed by atoms with Gasteiger partial charge in [0.25, 0.3) is 5.91 Å². The topological polar surface area (TPSA) is 125 Å². The third kappa shape index (κ3) is 10.2. The molecular formula is C33H44N6O5S. The number of amides is 4. The lowest BCUT2D eigenvalue weighted by molar-refractivity contribution is -0.119. The number of anilines is 3. The van der Waals surface area contributed by atoms with Crippen LogP contribution in [0, 0.1) is 0 Å². The van der Waals surface area contributed by atoms with Gasteiger partial charge in [0.05, 0.1) is 13.3 Å². The number of unbranched alkanes of at least 4 members (excludes halogenated alkanes) is 2. The quantitative estimate of drug-likeness (QED) is 0.158. The zero-order valence-electron chi connectivity index (χ0n) is 26.4. The zero-order chi connectivity index (χ0) is 32.0. The van der Waals surface area contributed by atoms with Crippen molar-refractivity contribution < 1.29 is 23.9 Å². The number of nitrogens with one attached hydrogen (secondary N) is 3. The molecule has 1 aromatic heterocycles. The zero-order valence-corrected chi connectivity index (χ0v) is 27.2. The van der Waals surface area contributed by atoms with Crippen molar-refractivity contribution in [2.75, 3.05) is 55.4 Å². The number of piperidine rings is 1. The van der Waals surface area contributed by atoms with Crippen LogP contribution in [0.25, 0.3) is 0 Å². The number of rotatable bonds is 15. The first-order valence-corrected chi connectivity index (χ1v) is 16.5. The molecule has 1 fully saturated rings. The Morgan fingerprint density at radius 3 is 2.47 bits per heavy atom. The summed E-state index contributed by atoms with van der Waals surface area (Å²) in [6.45, 7) is 8.16. The molecule has 0 saturated carbocycles. The van der Waals surface area contributed by atoms with Gasteiger partial charge >= 0.3 is 6.03 Å². The minimum absolute atomic E-state index is 0.0847. The van der Waals surface area contributed by atoms with Crippen LogP contribution in [0.2, 0.25) is 0 Å². The highest BCUT2D eigenvalue weighted by atomic mass is 32.1. The molecule has 1 aliphatic rings. The van der Waals surface area contributed by atoms with Crippen molar-refractivity contribution in [3.05, 3.63) is 54.2 Å². The summed E-state index contributed by atoms with van der Waals surface area (Å²) in [6, 6.07) is 11.8. The summed E-state index contributed by atoms with van der Waals surface area (Å²) < 4.78 is 11.4. The summed E-state index contributed by atoms with van der Waals surface area (Å²) in [5.41, 5.74) is 1.79. The molecule has 242 valence electrons. The summed E-state index contributed by atoms with van der Waals surface area (Å²) in [4.78, 5) is 46.4. The van der Waals surface area contributed by atoms with Gasteiger partial charge in [-0.3, -0.25) is 14.9 Å². The molecule has 4 rings (SSSR count). The van der Waals surface area contributed by atoms with E-state index < -0.39 is 0 Å². The first-order valence-electron chi connectivity index (χ1n) is 15.7. The molecule has 0 radical (unpaired) electrons. The second-order valence-corrected chi connectivity index (χ2v) is 11.8. The van der Waals surface area contributed by atoms with Crippen molar-refractivity contribution in [1.82, 2.24) is 15.2 Å². The van der Waals surface area contributed by atoms with Crippen LogP contribution in [-0.4, -0.2) is 67.6 Å². The molecule has 2 heterocycles. The second-order valence-electron chi connectivity index (χ2n) is 10.8. The third-order valence-corrected chi connectivity index (χ3v) is 8.34. The molecule has 1 saturated heterocycles. The van der Waals surface area contributed by atoms with Gasteiger partial charge < -0.3 is 29.9 Å². The third-order valence-electron chi connectivity index (χ3n) is 7.55. The van der Waals surface area contributed by atoms with Gasteiger partial charge in [-0.15, -0.1) is 0 Å². The SMILES string of the molecule is CCCCCNC(=O)Nc1ccc(Oc2cnc(NC(=O)c3ccc(N(CC)C(=O)CCN4CCCCC4)cc3)s2)c(OC)c1. The van der Waals surface area contributed by atoms with Crippen molar-refractivity contribution in [3.63, 3.8) is 0 Å². The van der Waals surface area contributed by atoms with Gasteiger partial charge in [-0.05, 0) is 75.7 Å². The maximum Gasteiger partial charge on any atom is 0.319 e. The lowest BCUT2D eigenvalue weighted by Gasteiger charge is -2.27. The standard InChI is InChI=1S/C33H44N6O5S/c1-4-6-8-18-34-32(42)36-25-13-16-27(28(22-25)43-3)44-30-23-35-33(45-30)37-31(41)24-11-14-26(15-12-24)39(5-2)29(40)17-21-38-19-9-7-10-20-38/h11-16,22-23H,4-10,17-21H2,1-3H3,(H2,34,36,42)(H,35,37,41). The lowest BCUT2D eigenvalue weighted by atomic mass is 10.1. The number of hydrogen-bond acceptors (Lipinski definition) is 8. The van der Waals surface area contributed by atoms with Crippen LogP contribution in [0.15, 0.2) is 48.7 Å². The van der Waals surface area contributed by atoms with Crippen LogP contribution in [0.1, 0.15) is 69.2 Å². The fourth-order valence-electron chi connectivity index (χ4n) is 5.09. The van der Waals surface area contributed by atoms with E-state index in [4.69, 9.17) is 9.47 Å². The summed E-state index contributed by atoms with van der Waals surface area (Å²) >= 11 is 1.17. The van der Waals surface area contributed by atoms with E-state index in [1.54, 1.807) is 47.4 Å². The molecule has 3 aromatic rings. The van der Waals surface area contributed by atoms with E-state index in [2.05, 4.69) is 32.8 Å². The Morgan fingerprint density at radius 2 is 1.76 bits per heavy atom. The minimum Gasteiger partial charge on any atom is -0.493 e. The molecule has 2 aromatic carbocycles. The molecule has 1 aliphatic heterocycles. The molecule has 45 heavy (non-hydrogen) atoms. The van der Waals surface area contributed by atoms with Crippen molar-refractivity contribution in [2.45, 2.75) is 58.8 Å². The van der Waals surface area contributed by atoms with Gasteiger partial charge in [0, 0.05) is 49.1 Å². The highest BCUT2D eigenvalue weighted by Gasteiger charge is 2.18. The van der Waals surface area contributed by atoms with E-state index in [1.807, 2.05) is 6.92 Å². The van der Waals surface area contributed by atoms with Crippen LogP contribution < -0.4 is 30.3 Å². The van der Waals surface area contributed by atoms with E-state index in [0.29, 0.717) is 52.5 Å². The lowest BCUT2D eigenvalue weighted by Crippen LogP contribution is -2.36. The fourth-order valence-corrected chi connectivity index (χ4v) is 5.77. The van der Waals surface area contributed by atoms with Gasteiger partial charge in [-0.1, -0.05) is 37.5 Å². The minimum atomic E-state index is -0.317. The molecular weight excluding hydrogens is 592 g/mol. The number of hydrogen-bond donors (Lipinski definition) is 3. The van der Waals surface area contributed by atoms with Crippen molar-refractivity contribution >= 4 is 45.7 Å². The summed E-state index contributed by atoms with van der Waals surface area (Å²) in [5.74, 6) is 0.641. The molecule has 0 aliphatic carbocycles. The molecule has 12 heteroatoms. The smallest absolute Gasteiger partial charge is 0.319 e. The van der Waals surface area contributed by atoms with Crippen LogP contribution in [0.3, 0.4) is 0 Å². The highest BCUT2D eigenvalue weighted by molar-refractivity contribution is 7.17.